The van der Waals surface area contributed by atoms with Crippen molar-refractivity contribution < 1.29 is 31.1 Å². The summed E-state index contributed by atoms with van der Waals surface area (Å²) in [6.45, 7) is -2.82. The molecule has 0 aliphatic carbocycles. The van der Waals surface area contributed by atoms with E-state index >= 15 is 0 Å². The topological polar surface area (TPSA) is 34.5 Å². The number of alkyl halides is 6. The van der Waals surface area contributed by atoms with Crippen LogP contribution in [0.3, 0.4) is 0 Å². The second-order valence-electron chi connectivity index (χ2n) is 3.42. The van der Waals surface area contributed by atoms with Crippen molar-refractivity contribution in [3.8, 4) is 5.88 Å². The lowest BCUT2D eigenvalue weighted by Gasteiger charge is -2.07. The molecule has 0 unspecified atom stereocenters. The minimum Gasteiger partial charge on any atom is -0.468 e. The SMILES string of the molecule is FC(F)(F)CN=Cc1ccc(OCC(F)(F)F)nc1. The van der Waals surface area contributed by atoms with Crippen molar-refractivity contribution in [3.63, 3.8) is 0 Å². The van der Waals surface area contributed by atoms with E-state index in [-0.39, 0.29) is 11.4 Å². The fourth-order valence-corrected chi connectivity index (χ4v) is 0.964. The van der Waals surface area contributed by atoms with Gasteiger partial charge < -0.3 is 4.74 Å². The highest BCUT2D eigenvalue weighted by atomic mass is 19.4. The Morgan fingerprint density at radius 3 is 2.26 bits per heavy atom. The predicted octanol–water partition coefficient (Wildman–Crippen LogP) is 3.00. The third-order valence-corrected chi connectivity index (χ3v) is 1.65. The van der Waals surface area contributed by atoms with Gasteiger partial charge in [-0.2, -0.15) is 26.3 Å². The van der Waals surface area contributed by atoms with E-state index in [1.54, 1.807) is 0 Å². The van der Waals surface area contributed by atoms with Crippen molar-refractivity contribution in [2.45, 2.75) is 12.4 Å². The molecular formula is C10H8F6N2O. The number of hydrogen-bond donors (Lipinski definition) is 0. The first-order valence-electron chi connectivity index (χ1n) is 4.88. The van der Waals surface area contributed by atoms with Crippen LogP contribution in [-0.4, -0.2) is 36.7 Å². The van der Waals surface area contributed by atoms with Gasteiger partial charge in [-0.1, -0.05) is 0 Å². The molecule has 3 nitrogen and oxygen atoms in total. The van der Waals surface area contributed by atoms with Gasteiger partial charge in [0.15, 0.2) is 6.61 Å². The Kier molecular flexibility index (Phi) is 4.73. The number of ether oxygens (including phenoxy) is 1. The van der Waals surface area contributed by atoms with Crippen molar-refractivity contribution >= 4 is 6.21 Å². The summed E-state index contributed by atoms with van der Waals surface area (Å²) in [4.78, 5) is 6.62. The molecule has 0 saturated heterocycles. The molecular weight excluding hydrogens is 278 g/mol. The van der Waals surface area contributed by atoms with Crippen LogP contribution in [0.5, 0.6) is 5.88 Å². The first-order chi connectivity index (χ1) is 8.66. The van der Waals surface area contributed by atoms with Gasteiger partial charge in [0.05, 0.1) is 0 Å². The fraction of sp³-hybridized carbons (Fsp3) is 0.400. The number of aliphatic imine (C=N–C) groups is 1. The molecule has 9 heteroatoms. The third kappa shape index (κ3) is 7.27. The van der Waals surface area contributed by atoms with Gasteiger partial charge in [0.25, 0.3) is 0 Å². The smallest absolute Gasteiger partial charge is 0.422 e. The Labute approximate surface area is 103 Å². The average molecular weight is 286 g/mol. The average Bonchev–Trinajstić information content (AvgIpc) is 2.25. The number of rotatable bonds is 4. The van der Waals surface area contributed by atoms with Crippen molar-refractivity contribution in [2.24, 2.45) is 4.99 Å². The zero-order valence-corrected chi connectivity index (χ0v) is 9.29. The zero-order chi connectivity index (χ0) is 14.5. The Hall–Kier alpha value is -1.80. The molecule has 0 saturated carbocycles. The van der Waals surface area contributed by atoms with Crippen LogP contribution in [-0.2, 0) is 0 Å². The van der Waals surface area contributed by atoms with E-state index in [0.29, 0.717) is 0 Å². The molecule has 1 aromatic rings. The highest BCUT2D eigenvalue weighted by molar-refractivity contribution is 5.79. The molecule has 0 aliphatic rings. The first kappa shape index (κ1) is 15.3. The lowest BCUT2D eigenvalue weighted by Crippen LogP contribution is -2.19. The van der Waals surface area contributed by atoms with Gasteiger partial charge in [0.1, 0.15) is 6.54 Å². The quantitative estimate of drug-likeness (QED) is 0.630. The van der Waals surface area contributed by atoms with Gasteiger partial charge >= 0.3 is 12.4 Å². The minimum absolute atomic E-state index is 0.226. The minimum atomic E-state index is -4.48. The normalized spacial score (nSPS) is 12.9. The number of aromatic nitrogens is 1. The third-order valence-electron chi connectivity index (χ3n) is 1.65. The standard InChI is InChI=1S/C10H8F6N2O/c11-9(12,13)5-17-3-7-1-2-8(18-4-7)19-6-10(14,15)16/h1-4H,5-6H2. The van der Waals surface area contributed by atoms with Crippen LogP contribution in [0.4, 0.5) is 26.3 Å². The van der Waals surface area contributed by atoms with E-state index in [0.717, 1.165) is 18.5 Å². The molecule has 0 N–H and O–H groups in total. The second-order valence-corrected chi connectivity index (χ2v) is 3.42. The summed E-state index contributed by atoms with van der Waals surface area (Å²) < 4.78 is 75.1. The van der Waals surface area contributed by atoms with E-state index < -0.39 is 25.5 Å². The highest BCUT2D eigenvalue weighted by Crippen LogP contribution is 2.17. The summed E-state index contributed by atoms with van der Waals surface area (Å²) in [6, 6.07) is 2.36. The molecule has 106 valence electrons. The van der Waals surface area contributed by atoms with Crippen LogP contribution in [0.1, 0.15) is 5.56 Å². The summed E-state index contributed by atoms with van der Waals surface area (Å²) in [6.07, 6.45) is -6.90. The van der Waals surface area contributed by atoms with Crippen molar-refractivity contribution in [1.29, 1.82) is 0 Å². The first-order valence-corrected chi connectivity index (χ1v) is 4.88. The molecule has 0 atom stereocenters. The summed E-state index contributed by atoms with van der Waals surface area (Å²) >= 11 is 0. The monoisotopic (exact) mass is 286 g/mol. The van der Waals surface area contributed by atoms with E-state index in [1.807, 2.05) is 0 Å². The fourth-order valence-electron chi connectivity index (χ4n) is 0.964. The van der Waals surface area contributed by atoms with Gasteiger partial charge in [-0.15, -0.1) is 0 Å². The Morgan fingerprint density at radius 1 is 1.11 bits per heavy atom. The Balaban J connectivity index is 2.52. The number of halogens is 6. The van der Waals surface area contributed by atoms with Crippen LogP contribution in [0.25, 0.3) is 0 Å². The molecule has 0 spiro atoms. The van der Waals surface area contributed by atoms with Gasteiger partial charge in [-0.3, -0.25) is 4.99 Å². The lowest BCUT2D eigenvalue weighted by atomic mass is 10.3. The van der Waals surface area contributed by atoms with Crippen LogP contribution < -0.4 is 4.74 Å². The molecule has 0 amide bonds. The van der Waals surface area contributed by atoms with Crippen LogP contribution in [0.2, 0.25) is 0 Å². The van der Waals surface area contributed by atoms with Crippen LogP contribution in [0, 0.1) is 0 Å². The van der Waals surface area contributed by atoms with E-state index in [1.165, 1.54) is 6.07 Å². The molecule has 0 aromatic carbocycles. The molecule has 0 fully saturated rings. The number of nitrogens with zero attached hydrogens (tertiary/aromatic N) is 2. The molecule has 19 heavy (non-hydrogen) atoms. The second kappa shape index (κ2) is 5.89. The van der Waals surface area contributed by atoms with E-state index in [4.69, 9.17) is 0 Å². The summed E-state index contributed by atoms with van der Waals surface area (Å²) in [5.41, 5.74) is 0.226. The lowest BCUT2D eigenvalue weighted by molar-refractivity contribution is -0.154. The van der Waals surface area contributed by atoms with Crippen molar-refractivity contribution in [2.75, 3.05) is 13.2 Å². The van der Waals surface area contributed by atoms with E-state index in [9.17, 15) is 26.3 Å². The van der Waals surface area contributed by atoms with E-state index in [2.05, 4.69) is 14.7 Å². The molecule has 0 aliphatic heterocycles. The zero-order valence-electron chi connectivity index (χ0n) is 9.29. The van der Waals surface area contributed by atoms with Crippen molar-refractivity contribution in [3.05, 3.63) is 23.9 Å². The van der Waals surface area contributed by atoms with Gasteiger partial charge in [0.2, 0.25) is 5.88 Å². The maximum Gasteiger partial charge on any atom is 0.422 e. The summed E-state index contributed by atoms with van der Waals surface area (Å²) in [5.74, 6) is -0.273. The maximum atomic E-state index is 11.8. The van der Waals surface area contributed by atoms with Gasteiger partial charge in [-0.25, -0.2) is 4.98 Å². The van der Waals surface area contributed by atoms with Crippen LogP contribution >= 0.6 is 0 Å². The van der Waals surface area contributed by atoms with Crippen LogP contribution in [0.15, 0.2) is 23.3 Å². The largest absolute Gasteiger partial charge is 0.468 e. The molecule has 1 rings (SSSR count). The molecule has 0 bridgehead atoms. The number of hydrogen-bond acceptors (Lipinski definition) is 3. The Morgan fingerprint density at radius 2 is 1.79 bits per heavy atom. The number of pyridine rings is 1. The molecule has 0 radical (unpaired) electrons. The maximum absolute atomic E-state index is 11.8. The van der Waals surface area contributed by atoms with Crippen molar-refractivity contribution in [1.82, 2.24) is 4.98 Å². The summed E-state index contributed by atoms with van der Waals surface area (Å²) in [5, 5.41) is 0. The predicted molar refractivity (Wildman–Crippen MR) is 54.3 cm³/mol. The summed E-state index contributed by atoms with van der Waals surface area (Å²) in [7, 11) is 0. The molecule has 1 aromatic heterocycles. The Bertz CT molecular complexity index is 423. The van der Waals surface area contributed by atoms with Gasteiger partial charge in [0, 0.05) is 24.0 Å². The highest BCUT2D eigenvalue weighted by Gasteiger charge is 2.28. The molecule has 1 heterocycles. The van der Waals surface area contributed by atoms with Gasteiger partial charge in [-0.05, 0) is 6.07 Å².